The number of nitrogens with one attached hydrogen (secondary N) is 1. The molecule has 0 saturated carbocycles. The molecule has 0 saturated heterocycles. The molecule has 1 aromatic heterocycles. The number of phenolic OH excluding ortho intramolecular Hbond substituents is 1. The lowest BCUT2D eigenvalue weighted by atomic mass is 10.0. The molecule has 0 aliphatic rings. The fourth-order valence-corrected chi connectivity index (χ4v) is 1.65. The van der Waals surface area contributed by atoms with Crippen molar-refractivity contribution in [3.8, 4) is 11.5 Å². The smallest absolute Gasteiger partial charge is 0.161 e. The molecule has 0 fully saturated rings. The molecule has 7 nitrogen and oxygen atoms in total. The molecule has 0 radical (unpaired) electrons. The number of rotatable bonds is 3. The molecule has 1 heterocycles. The Kier molecular flexibility index (Phi) is 3.19. The standard InChI is InChI=1S/C12H13N5O2/c1-19-8-4-6(2-3-7(8)18)10(13)9-11(14)16-5-17-12(9)15/h2-5,13,18H,1H3,(H4,14,15,16,17). The second-order valence-electron chi connectivity index (χ2n) is 3.78. The van der Waals surface area contributed by atoms with Crippen LogP contribution in [-0.2, 0) is 0 Å². The number of anilines is 2. The Hall–Kier alpha value is -2.83. The fraction of sp³-hybridized carbons (Fsp3) is 0.0833. The van der Waals surface area contributed by atoms with E-state index in [9.17, 15) is 5.11 Å². The summed E-state index contributed by atoms with van der Waals surface area (Å²) in [6.45, 7) is 0. The van der Waals surface area contributed by atoms with Gasteiger partial charge in [0.25, 0.3) is 0 Å². The molecule has 2 aromatic rings. The van der Waals surface area contributed by atoms with Crippen LogP contribution in [0, 0.1) is 5.41 Å². The van der Waals surface area contributed by atoms with Crippen LogP contribution in [0.15, 0.2) is 24.5 Å². The molecule has 98 valence electrons. The first-order valence-electron chi connectivity index (χ1n) is 5.36. The van der Waals surface area contributed by atoms with Crippen molar-refractivity contribution in [2.75, 3.05) is 18.6 Å². The maximum Gasteiger partial charge on any atom is 0.161 e. The molecule has 0 bridgehead atoms. The highest BCUT2D eigenvalue weighted by molar-refractivity contribution is 6.16. The predicted octanol–water partition coefficient (Wildman–Crippen LogP) is 0.771. The normalized spacial score (nSPS) is 10.2. The SMILES string of the molecule is COc1cc(C(=N)c2c(N)ncnc2N)ccc1O. The first-order valence-corrected chi connectivity index (χ1v) is 5.36. The van der Waals surface area contributed by atoms with Gasteiger partial charge in [-0.15, -0.1) is 0 Å². The van der Waals surface area contributed by atoms with Crippen LogP contribution < -0.4 is 16.2 Å². The number of aromatic nitrogens is 2. The Balaban J connectivity index is 2.50. The third-order valence-corrected chi connectivity index (χ3v) is 2.62. The summed E-state index contributed by atoms with van der Waals surface area (Å²) >= 11 is 0. The average Bonchev–Trinajstić information content (AvgIpc) is 2.39. The van der Waals surface area contributed by atoms with Gasteiger partial charge in [0.1, 0.15) is 18.0 Å². The molecule has 6 N–H and O–H groups in total. The quantitative estimate of drug-likeness (QED) is 0.602. The van der Waals surface area contributed by atoms with E-state index in [0.29, 0.717) is 5.56 Å². The predicted molar refractivity (Wildman–Crippen MR) is 71.4 cm³/mol. The molecule has 1 aromatic carbocycles. The zero-order valence-corrected chi connectivity index (χ0v) is 10.2. The van der Waals surface area contributed by atoms with E-state index < -0.39 is 0 Å². The number of nitrogen functional groups attached to an aromatic ring is 2. The van der Waals surface area contributed by atoms with Crippen molar-refractivity contribution in [3.05, 3.63) is 35.7 Å². The summed E-state index contributed by atoms with van der Waals surface area (Å²) in [4.78, 5) is 7.62. The molecule has 0 aliphatic carbocycles. The van der Waals surface area contributed by atoms with E-state index in [1.807, 2.05) is 0 Å². The van der Waals surface area contributed by atoms with Crippen molar-refractivity contribution < 1.29 is 9.84 Å². The van der Waals surface area contributed by atoms with Crippen LogP contribution in [0.1, 0.15) is 11.1 Å². The van der Waals surface area contributed by atoms with Crippen molar-refractivity contribution in [1.29, 1.82) is 5.41 Å². The van der Waals surface area contributed by atoms with E-state index in [0.717, 1.165) is 0 Å². The summed E-state index contributed by atoms with van der Waals surface area (Å²) in [6.07, 6.45) is 1.23. The lowest BCUT2D eigenvalue weighted by molar-refractivity contribution is 0.373. The minimum atomic E-state index is -0.00990. The number of benzene rings is 1. The Bertz CT molecular complexity index is 622. The highest BCUT2D eigenvalue weighted by Crippen LogP contribution is 2.28. The van der Waals surface area contributed by atoms with Gasteiger partial charge < -0.3 is 21.3 Å². The van der Waals surface area contributed by atoms with Gasteiger partial charge in [-0.2, -0.15) is 0 Å². The number of nitrogens with zero attached hydrogens (tertiary/aromatic N) is 2. The molecule has 19 heavy (non-hydrogen) atoms. The average molecular weight is 259 g/mol. The number of hydrogen-bond acceptors (Lipinski definition) is 7. The number of hydrogen-bond donors (Lipinski definition) is 4. The molecular weight excluding hydrogens is 246 g/mol. The van der Waals surface area contributed by atoms with Gasteiger partial charge in [-0.3, -0.25) is 5.41 Å². The zero-order valence-electron chi connectivity index (χ0n) is 10.2. The number of nitrogens with two attached hydrogens (primary N) is 2. The van der Waals surface area contributed by atoms with Crippen LogP contribution in [0.5, 0.6) is 11.5 Å². The van der Waals surface area contributed by atoms with E-state index in [2.05, 4.69) is 9.97 Å². The van der Waals surface area contributed by atoms with Crippen LogP contribution in [0.4, 0.5) is 11.6 Å². The second-order valence-corrected chi connectivity index (χ2v) is 3.78. The summed E-state index contributed by atoms with van der Waals surface area (Å²) < 4.78 is 4.99. The fourth-order valence-electron chi connectivity index (χ4n) is 1.65. The summed E-state index contributed by atoms with van der Waals surface area (Å²) in [5, 5.41) is 17.6. The van der Waals surface area contributed by atoms with Gasteiger partial charge in [-0.1, -0.05) is 0 Å². The molecule has 0 aliphatic heterocycles. The second kappa shape index (κ2) is 4.81. The van der Waals surface area contributed by atoms with Gasteiger partial charge in [0.15, 0.2) is 11.5 Å². The minimum Gasteiger partial charge on any atom is -0.504 e. The highest BCUT2D eigenvalue weighted by Gasteiger charge is 2.15. The van der Waals surface area contributed by atoms with Crippen LogP contribution in [0.25, 0.3) is 0 Å². The maximum absolute atomic E-state index is 9.53. The molecule has 0 spiro atoms. The van der Waals surface area contributed by atoms with Gasteiger partial charge in [-0.05, 0) is 18.2 Å². The first-order chi connectivity index (χ1) is 9.04. The molecule has 0 amide bonds. The van der Waals surface area contributed by atoms with Gasteiger partial charge in [0.05, 0.1) is 18.4 Å². The van der Waals surface area contributed by atoms with Crippen molar-refractivity contribution >= 4 is 17.3 Å². The zero-order chi connectivity index (χ0) is 14.0. The molecule has 7 heteroatoms. The largest absolute Gasteiger partial charge is 0.504 e. The number of aromatic hydroxyl groups is 1. The van der Waals surface area contributed by atoms with E-state index >= 15 is 0 Å². The van der Waals surface area contributed by atoms with Gasteiger partial charge in [-0.25, -0.2) is 9.97 Å². The Morgan fingerprint density at radius 2 is 1.89 bits per heavy atom. The number of ether oxygens (including phenoxy) is 1. The molecular formula is C12H13N5O2. The van der Waals surface area contributed by atoms with Crippen molar-refractivity contribution in [1.82, 2.24) is 9.97 Å². The minimum absolute atomic E-state index is 0.00990. The lowest BCUT2D eigenvalue weighted by Gasteiger charge is -2.10. The third-order valence-electron chi connectivity index (χ3n) is 2.62. The Labute approximate surface area is 109 Å². The van der Waals surface area contributed by atoms with Crippen LogP contribution in [0.2, 0.25) is 0 Å². The summed E-state index contributed by atoms with van der Waals surface area (Å²) in [5.74, 6) is 0.509. The highest BCUT2D eigenvalue weighted by atomic mass is 16.5. The monoisotopic (exact) mass is 259 g/mol. The summed E-state index contributed by atoms with van der Waals surface area (Å²) in [7, 11) is 1.43. The van der Waals surface area contributed by atoms with Crippen LogP contribution >= 0.6 is 0 Å². The molecule has 0 atom stereocenters. The Morgan fingerprint density at radius 1 is 1.26 bits per heavy atom. The van der Waals surface area contributed by atoms with E-state index in [1.54, 1.807) is 6.07 Å². The van der Waals surface area contributed by atoms with E-state index in [4.69, 9.17) is 21.6 Å². The first kappa shape index (κ1) is 12.6. The summed E-state index contributed by atoms with van der Waals surface area (Å²) in [6, 6.07) is 4.51. The molecule has 2 rings (SSSR count). The van der Waals surface area contributed by atoms with Gasteiger partial charge >= 0.3 is 0 Å². The van der Waals surface area contributed by atoms with Crippen LogP contribution in [-0.4, -0.2) is 27.9 Å². The van der Waals surface area contributed by atoms with Gasteiger partial charge in [0, 0.05) is 5.56 Å². The topological polar surface area (TPSA) is 131 Å². The van der Waals surface area contributed by atoms with Gasteiger partial charge in [0.2, 0.25) is 0 Å². The number of phenols is 1. The Morgan fingerprint density at radius 3 is 2.47 bits per heavy atom. The van der Waals surface area contributed by atoms with Crippen LogP contribution in [0.3, 0.4) is 0 Å². The molecule has 0 unspecified atom stereocenters. The van der Waals surface area contributed by atoms with E-state index in [1.165, 1.54) is 25.6 Å². The number of methoxy groups -OCH3 is 1. The van der Waals surface area contributed by atoms with Crippen molar-refractivity contribution in [2.45, 2.75) is 0 Å². The maximum atomic E-state index is 9.53. The van der Waals surface area contributed by atoms with Crippen molar-refractivity contribution in [3.63, 3.8) is 0 Å². The summed E-state index contributed by atoms with van der Waals surface area (Å²) in [5.41, 5.74) is 12.2. The third kappa shape index (κ3) is 2.25. The van der Waals surface area contributed by atoms with Crippen molar-refractivity contribution in [2.24, 2.45) is 0 Å². The van der Waals surface area contributed by atoms with E-state index in [-0.39, 0.29) is 34.4 Å². The lowest BCUT2D eigenvalue weighted by Crippen LogP contribution is -2.12.